The Morgan fingerprint density at radius 2 is 1.93 bits per heavy atom. The summed E-state index contributed by atoms with van der Waals surface area (Å²) in [6.45, 7) is 0.847. The first-order valence-corrected chi connectivity index (χ1v) is 9.87. The third kappa shape index (κ3) is 5.43. The number of carbonyl (C=O) groups excluding carboxylic acids is 1. The zero-order valence-electron chi connectivity index (χ0n) is 16.6. The number of rotatable bonds is 10. The molecule has 3 rings (SSSR count). The Labute approximate surface area is 174 Å². The summed E-state index contributed by atoms with van der Waals surface area (Å²) in [5, 5.41) is 15.1. The molecule has 158 valence electrons. The van der Waals surface area contributed by atoms with Gasteiger partial charge in [-0.25, -0.2) is 4.79 Å². The van der Waals surface area contributed by atoms with Gasteiger partial charge >= 0.3 is 5.97 Å². The SMILES string of the molecule is NC1(NCCC[C@H](NC(=O)c2cccn(Cc3ccccc3)c2=O)C(=O)O)C=CC1. The van der Waals surface area contributed by atoms with Gasteiger partial charge < -0.3 is 20.7 Å². The highest BCUT2D eigenvalue weighted by Gasteiger charge is 2.26. The molecule has 8 nitrogen and oxygen atoms in total. The van der Waals surface area contributed by atoms with Crippen LogP contribution in [-0.2, 0) is 11.3 Å². The van der Waals surface area contributed by atoms with Gasteiger partial charge in [0.25, 0.3) is 11.5 Å². The molecule has 30 heavy (non-hydrogen) atoms. The van der Waals surface area contributed by atoms with Crippen LogP contribution in [0.4, 0.5) is 0 Å². The van der Waals surface area contributed by atoms with E-state index in [-0.39, 0.29) is 12.0 Å². The van der Waals surface area contributed by atoms with E-state index in [0.29, 0.717) is 19.5 Å². The van der Waals surface area contributed by atoms with E-state index in [1.807, 2.05) is 42.5 Å². The molecule has 2 aromatic rings. The molecule has 1 amide bonds. The average Bonchev–Trinajstić information content (AvgIpc) is 2.71. The van der Waals surface area contributed by atoms with Crippen molar-refractivity contribution >= 4 is 11.9 Å². The molecule has 1 heterocycles. The van der Waals surface area contributed by atoms with Crippen molar-refractivity contribution in [2.75, 3.05) is 6.54 Å². The van der Waals surface area contributed by atoms with Gasteiger partial charge in [-0.15, -0.1) is 0 Å². The van der Waals surface area contributed by atoms with Crippen molar-refractivity contribution in [3.05, 3.63) is 82.3 Å². The van der Waals surface area contributed by atoms with Crippen molar-refractivity contribution in [3.8, 4) is 0 Å². The zero-order valence-corrected chi connectivity index (χ0v) is 16.6. The second-order valence-electron chi connectivity index (χ2n) is 7.42. The number of nitrogens with zero attached hydrogens (tertiary/aromatic N) is 1. The predicted molar refractivity (Wildman–Crippen MR) is 113 cm³/mol. The van der Waals surface area contributed by atoms with Crippen molar-refractivity contribution < 1.29 is 14.7 Å². The van der Waals surface area contributed by atoms with Crippen LogP contribution in [-0.4, -0.2) is 39.8 Å². The number of carboxylic acids is 1. The molecule has 1 aromatic carbocycles. The number of pyridine rings is 1. The van der Waals surface area contributed by atoms with Crippen molar-refractivity contribution in [3.63, 3.8) is 0 Å². The van der Waals surface area contributed by atoms with Crippen LogP contribution in [0, 0.1) is 0 Å². The first-order chi connectivity index (χ1) is 14.4. The number of carbonyl (C=O) groups is 2. The van der Waals surface area contributed by atoms with E-state index in [4.69, 9.17) is 5.73 Å². The van der Waals surface area contributed by atoms with E-state index in [9.17, 15) is 19.5 Å². The van der Waals surface area contributed by atoms with Crippen molar-refractivity contribution in [2.24, 2.45) is 5.73 Å². The highest BCUT2D eigenvalue weighted by atomic mass is 16.4. The average molecular weight is 410 g/mol. The van der Waals surface area contributed by atoms with Crippen molar-refractivity contribution in [2.45, 2.75) is 37.5 Å². The standard InChI is InChI=1S/C22H26N4O4/c23-22(11-6-12-22)24-13-4-10-18(21(29)30)25-19(27)17-9-5-14-26(20(17)28)15-16-7-2-1-3-8-16/h1-3,5-9,11,14,18,24H,4,10,12-13,15,23H2,(H,25,27)(H,29,30)/t18-,22?/m0/s1. The highest BCUT2D eigenvalue weighted by molar-refractivity contribution is 5.96. The fourth-order valence-corrected chi connectivity index (χ4v) is 3.24. The number of nitrogens with two attached hydrogens (primary N) is 1. The molecular weight excluding hydrogens is 384 g/mol. The number of carboxylic acid groups (broad SMARTS) is 1. The second-order valence-corrected chi connectivity index (χ2v) is 7.42. The van der Waals surface area contributed by atoms with Gasteiger partial charge in [-0.3, -0.25) is 14.9 Å². The largest absolute Gasteiger partial charge is 0.480 e. The topological polar surface area (TPSA) is 126 Å². The highest BCUT2D eigenvalue weighted by Crippen LogP contribution is 2.16. The van der Waals surface area contributed by atoms with Crippen LogP contribution < -0.4 is 21.9 Å². The maximum absolute atomic E-state index is 12.7. The third-order valence-electron chi connectivity index (χ3n) is 5.06. The van der Waals surface area contributed by atoms with Crippen LogP contribution in [0.25, 0.3) is 0 Å². The van der Waals surface area contributed by atoms with Gasteiger partial charge in [-0.05, 0) is 37.1 Å². The Morgan fingerprint density at radius 3 is 2.57 bits per heavy atom. The van der Waals surface area contributed by atoms with Crippen LogP contribution in [0.15, 0.2) is 65.6 Å². The molecule has 0 aliphatic heterocycles. The predicted octanol–water partition coefficient (Wildman–Crippen LogP) is 1.06. The molecule has 0 radical (unpaired) electrons. The summed E-state index contributed by atoms with van der Waals surface area (Å²) in [4.78, 5) is 36.9. The van der Waals surface area contributed by atoms with Crippen LogP contribution in [0.2, 0.25) is 0 Å². The first-order valence-electron chi connectivity index (χ1n) is 9.87. The van der Waals surface area contributed by atoms with Crippen molar-refractivity contribution in [1.82, 2.24) is 15.2 Å². The number of hydrogen-bond acceptors (Lipinski definition) is 5. The molecule has 1 aliphatic carbocycles. The fourth-order valence-electron chi connectivity index (χ4n) is 3.24. The Kier molecular flexibility index (Phi) is 6.81. The molecule has 0 bridgehead atoms. The molecule has 2 atom stereocenters. The molecule has 1 unspecified atom stereocenters. The number of nitrogens with one attached hydrogen (secondary N) is 2. The zero-order chi connectivity index (χ0) is 21.6. The van der Waals surface area contributed by atoms with Gasteiger partial charge in [-0.2, -0.15) is 0 Å². The van der Waals surface area contributed by atoms with Gasteiger partial charge in [0.1, 0.15) is 11.6 Å². The van der Waals surface area contributed by atoms with Crippen LogP contribution in [0.5, 0.6) is 0 Å². The minimum atomic E-state index is -1.14. The minimum Gasteiger partial charge on any atom is -0.480 e. The van der Waals surface area contributed by atoms with Gasteiger partial charge in [0, 0.05) is 12.6 Å². The minimum absolute atomic E-state index is 0.0849. The summed E-state index contributed by atoms with van der Waals surface area (Å²) in [5.74, 6) is -1.84. The fraction of sp³-hybridized carbons (Fsp3) is 0.318. The maximum Gasteiger partial charge on any atom is 0.326 e. The molecule has 1 aromatic heterocycles. The van der Waals surface area contributed by atoms with E-state index >= 15 is 0 Å². The second kappa shape index (κ2) is 9.51. The molecular formula is C22H26N4O4. The molecule has 0 saturated carbocycles. The van der Waals surface area contributed by atoms with E-state index < -0.39 is 29.1 Å². The van der Waals surface area contributed by atoms with E-state index in [1.54, 1.807) is 12.3 Å². The van der Waals surface area contributed by atoms with E-state index in [2.05, 4.69) is 10.6 Å². The number of amides is 1. The smallest absolute Gasteiger partial charge is 0.326 e. The molecule has 1 aliphatic rings. The van der Waals surface area contributed by atoms with Gasteiger partial charge in [0.2, 0.25) is 0 Å². The lowest BCUT2D eigenvalue weighted by Crippen LogP contribution is -2.55. The van der Waals surface area contributed by atoms with E-state index in [1.165, 1.54) is 10.6 Å². The van der Waals surface area contributed by atoms with E-state index in [0.717, 1.165) is 12.0 Å². The van der Waals surface area contributed by atoms with Crippen LogP contribution in [0.3, 0.4) is 0 Å². The number of hydrogen-bond donors (Lipinski definition) is 4. The Hall–Kier alpha value is -3.23. The summed E-state index contributed by atoms with van der Waals surface area (Å²) in [5.41, 5.74) is 5.86. The molecule has 0 spiro atoms. The summed E-state index contributed by atoms with van der Waals surface area (Å²) >= 11 is 0. The van der Waals surface area contributed by atoms with Gasteiger partial charge in [-0.1, -0.05) is 42.5 Å². The Bertz CT molecular complexity index is 986. The number of benzene rings is 1. The quantitative estimate of drug-likeness (QED) is 0.264. The summed E-state index contributed by atoms with van der Waals surface area (Å²) in [6, 6.07) is 11.3. The van der Waals surface area contributed by atoms with Crippen LogP contribution in [0.1, 0.15) is 35.2 Å². The molecule has 5 N–H and O–H groups in total. The molecule has 8 heteroatoms. The Morgan fingerprint density at radius 1 is 1.20 bits per heavy atom. The summed E-state index contributed by atoms with van der Waals surface area (Å²) < 4.78 is 1.43. The van der Waals surface area contributed by atoms with Crippen molar-refractivity contribution in [1.29, 1.82) is 0 Å². The summed E-state index contributed by atoms with van der Waals surface area (Å²) in [7, 11) is 0. The lowest BCUT2D eigenvalue weighted by atomic mass is 9.96. The monoisotopic (exact) mass is 410 g/mol. The first kappa shape index (κ1) is 21.5. The van der Waals surface area contributed by atoms with Gasteiger partial charge in [0.05, 0.1) is 12.2 Å². The maximum atomic E-state index is 12.7. The van der Waals surface area contributed by atoms with Crippen LogP contribution >= 0.6 is 0 Å². The molecule has 0 fully saturated rings. The molecule has 0 saturated heterocycles. The third-order valence-corrected chi connectivity index (χ3v) is 5.06. The number of aliphatic carboxylic acids is 1. The van der Waals surface area contributed by atoms with Gasteiger partial charge in [0.15, 0.2) is 0 Å². The lowest BCUT2D eigenvalue weighted by Gasteiger charge is -2.32. The Balaban J connectivity index is 1.61. The summed E-state index contributed by atoms with van der Waals surface area (Å²) in [6.07, 6.45) is 6.88. The normalized spacial score (nSPS) is 18.4. The lowest BCUT2D eigenvalue weighted by molar-refractivity contribution is -0.139. The number of aromatic nitrogens is 1.